The van der Waals surface area contributed by atoms with Gasteiger partial charge in [-0.15, -0.1) is 0 Å². The molecule has 0 radical (unpaired) electrons. The van der Waals surface area contributed by atoms with Crippen molar-refractivity contribution in [2.75, 3.05) is 7.11 Å². The maximum Gasteiger partial charge on any atom is 0.186 e. The van der Waals surface area contributed by atoms with Crippen molar-refractivity contribution in [3.63, 3.8) is 0 Å². The minimum Gasteiger partial charge on any atom is -0.388 e. The molecule has 1 aliphatic rings. The van der Waals surface area contributed by atoms with Crippen molar-refractivity contribution in [3.8, 4) is 0 Å². The van der Waals surface area contributed by atoms with Gasteiger partial charge in [0.05, 0.1) is 6.10 Å². The van der Waals surface area contributed by atoms with E-state index in [9.17, 15) is 0 Å². The van der Waals surface area contributed by atoms with Gasteiger partial charge in [0.1, 0.15) is 12.2 Å². The lowest BCUT2D eigenvalue weighted by atomic mass is 10.2. The average Bonchev–Trinajstić information content (AvgIpc) is 2.17. The Morgan fingerprint density at radius 2 is 1.90 bits per heavy atom. The largest absolute Gasteiger partial charge is 0.388 e. The Kier molecular flexibility index (Phi) is 2.25. The highest BCUT2D eigenvalue weighted by Crippen LogP contribution is 2.20. The molecule has 1 saturated heterocycles. The predicted octanol–water partition coefficient (Wildman–Crippen LogP) is -0.901. The summed E-state index contributed by atoms with van der Waals surface area (Å²) < 4.78 is 9.74. The van der Waals surface area contributed by atoms with Crippen molar-refractivity contribution in [2.24, 2.45) is 0 Å². The lowest BCUT2D eigenvalue weighted by molar-refractivity contribution is -0.146. The van der Waals surface area contributed by atoms with E-state index in [1.807, 2.05) is 0 Å². The van der Waals surface area contributed by atoms with Crippen LogP contribution < -0.4 is 0 Å². The van der Waals surface area contributed by atoms with Gasteiger partial charge in [0.15, 0.2) is 6.29 Å². The number of hydrogen-bond donors (Lipinski definition) is 2. The SMILES string of the molecule is COC1O[C@H](C)[C@@H](O)[C@H]1O. The van der Waals surface area contributed by atoms with Crippen molar-refractivity contribution < 1.29 is 19.7 Å². The van der Waals surface area contributed by atoms with Crippen molar-refractivity contribution in [1.29, 1.82) is 0 Å². The summed E-state index contributed by atoms with van der Waals surface area (Å²) in [7, 11) is 1.43. The van der Waals surface area contributed by atoms with Crippen LogP contribution >= 0.6 is 0 Å². The molecule has 4 nitrogen and oxygen atoms in total. The monoisotopic (exact) mass is 148 g/mol. The second kappa shape index (κ2) is 2.84. The molecule has 0 aromatic heterocycles. The Morgan fingerprint density at radius 1 is 1.30 bits per heavy atom. The molecule has 1 aliphatic heterocycles. The minimum atomic E-state index is -0.917. The molecule has 0 saturated carbocycles. The van der Waals surface area contributed by atoms with E-state index in [1.54, 1.807) is 6.92 Å². The van der Waals surface area contributed by atoms with Gasteiger partial charge in [-0.05, 0) is 6.92 Å². The van der Waals surface area contributed by atoms with Crippen molar-refractivity contribution in [1.82, 2.24) is 0 Å². The van der Waals surface area contributed by atoms with Gasteiger partial charge in [-0.3, -0.25) is 0 Å². The first-order chi connectivity index (χ1) is 4.66. The fourth-order valence-corrected chi connectivity index (χ4v) is 1.01. The minimum absolute atomic E-state index is 0.347. The molecule has 10 heavy (non-hydrogen) atoms. The van der Waals surface area contributed by atoms with Gasteiger partial charge in [-0.2, -0.15) is 0 Å². The van der Waals surface area contributed by atoms with Crippen molar-refractivity contribution >= 4 is 0 Å². The summed E-state index contributed by atoms with van der Waals surface area (Å²) in [6, 6.07) is 0. The summed E-state index contributed by atoms with van der Waals surface area (Å²) in [5.74, 6) is 0. The Bertz CT molecular complexity index is 116. The predicted molar refractivity (Wildman–Crippen MR) is 33.4 cm³/mol. The van der Waals surface area contributed by atoms with Gasteiger partial charge in [0.25, 0.3) is 0 Å². The summed E-state index contributed by atoms with van der Waals surface area (Å²) in [5, 5.41) is 18.2. The van der Waals surface area contributed by atoms with Crippen LogP contribution in [-0.4, -0.2) is 41.9 Å². The number of aliphatic hydroxyl groups excluding tert-OH is 2. The van der Waals surface area contributed by atoms with Gasteiger partial charge in [-0.25, -0.2) is 0 Å². The highest BCUT2D eigenvalue weighted by Gasteiger charge is 2.40. The van der Waals surface area contributed by atoms with Crippen LogP contribution in [0.4, 0.5) is 0 Å². The van der Waals surface area contributed by atoms with Gasteiger partial charge in [-0.1, -0.05) is 0 Å². The fraction of sp³-hybridized carbons (Fsp3) is 1.00. The Hall–Kier alpha value is -0.160. The summed E-state index contributed by atoms with van der Waals surface area (Å²) in [5.41, 5.74) is 0. The van der Waals surface area contributed by atoms with Crippen LogP contribution in [0, 0.1) is 0 Å². The molecule has 1 fully saturated rings. The second-order valence-electron chi connectivity index (χ2n) is 2.43. The average molecular weight is 148 g/mol. The molecule has 4 atom stereocenters. The maximum atomic E-state index is 9.13. The van der Waals surface area contributed by atoms with Crippen LogP contribution in [0.25, 0.3) is 0 Å². The van der Waals surface area contributed by atoms with E-state index in [0.29, 0.717) is 0 Å². The summed E-state index contributed by atoms with van der Waals surface area (Å²) in [4.78, 5) is 0. The number of ether oxygens (including phenoxy) is 2. The number of methoxy groups -OCH3 is 1. The fourth-order valence-electron chi connectivity index (χ4n) is 1.01. The van der Waals surface area contributed by atoms with Gasteiger partial charge in [0.2, 0.25) is 0 Å². The van der Waals surface area contributed by atoms with Crippen LogP contribution in [-0.2, 0) is 9.47 Å². The van der Waals surface area contributed by atoms with Gasteiger partial charge < -0.3 is 19.7 Å². The summed E-state index contributed by atoms with van der Waals surface area (Å²) >= 11 is 0. The van der Waals surface area contributed by atoms with E-state index in [0.717, 1.165) is 0 Å². The molecule has 1 unspecified atom stereocenters. The molecule has 0 aliphatic carbocycles. The molecule has 0 aromatic carbocycles. The lowest BCUT2D eigenvalue weighted by Gasteiger charge is -2.11. The molecule has 1 rings (SSSR count). The van der Waals surface area contributed by atoms with E-state index in [2.05, 4.69) is 0 Å². The molecule has 0 spiro atoms. The van der Waals surface area contributed by atoms with Crippen LogP contribution in [0.15, 0.2) is 0 Å². The van der Waals surface area contributed by atoms with Gasteiger partial charge >= 0.3 is 0 Å². The van der Waals surface area contributed by atoms with Crippen LogP contribution in [0.5, 0.6) is 0 Å². The molecule has 4 heteroatoms. The first-order valence-electron chi connectivity index (χ1n) is 3.21. The standard InChI is InChI=1S/C6H12O4/c1-3-4(7)5(8)6(9-2)10-3/h3-8H,1-2H3/t3-,4-,5-,6?/m1/s1. The molecular weight excluding hydrogens is 136 g/mol. The Labute approximate surface area is 59.4 Å². The zero-order valence-corrected chi connectivity index (χ0v) is 6.02. The normalized spacial score (nSPS) is 48.0. The highest BCUT2D eigenvalue weighted by atomic mass is 16.7. The number of rotatable bonds is 1. The van der Waals surface area contributed by atoms with Crippen LogP contribution in [0.1, 0.15) is 6.92 Å². The quantitative estimate of drug-likeness (QED) is 0.506. The zero-order chi connectivity index (χ0) is 7.72. The number of aliphatic hydroxyl groups is 2. The smallest absolute Gasteiger partial charge is 0.186 e. The summed E-state index contributed by atoms with van der Waals surface area (Å²) in [6.07, 6.45) is -2.77. The molecule has 0 bridgehead atoms. The third-order valence-corrected chi connectivity index (χ3v) is 1.69. The first kappa shape index (κ1) is 7.94. The van der Waals surface area contributed by atoms with Gasteiger partial charge in [0, 0.05) is 7.11 Å². The van der Waals surface area contributed by atoms with E-state index < -0.39 is 18.5 Å². The molecule has 1 heterocycles. The molecule has 0 amide bonds. The molecule has 0 aromatic rings. The topological polar surface area (TPSA) is 58.9 Å². The van der Waals surface area contributed by atoms with E-state index in [4.69, 9.17) is 19.7 Å². The third kappa shape index (κ3) is 1.15. The third-order valence-electron chi connectivity index (χ3n) is 1.69. The molecular formula is C6H12O4. The lowest BCUT2D eigenvalue weighted by Crippen LogP contribution is -2.32. The second-order valence-corrected chi connectivity index (χ2v) is 2.43. The summed E-state index contributed by atoms with van der Waals surface area (Å²) in [6.45, 7) is 1.69. The van der Waals surface area contributed by atoms with E-state index >= 15 is 0 Å². The highest BCUT2D eigenvalue weighted by molar-refractivity contribution is 4.83. The van der Waals surface area contributed by atoms with Crippen LogP contribution in [0.3, 0.4) is 0 Å². The van der Waals surface area contributed by atoms with E-state index in [-0.39, 0.29) is 6.10 Å². The molecule has 2 N–H and O–H groups in total. The van der Waals surface area contributed by atoms with Crippen LogP contribution in [0.2, 0.25) is 0 Å². The van der Waals surface area contributed by atoms with E-state index in [1.165, 1.54) is 7.11 Å². The Balaban J connectivity index is 2.53. The zero-order valence-electron chi connectivity index (χ0n) is 6.02. The molecule has 60 valence electrons. The number of hydrogen-bond acceptors (Lipinski definition) is 4. The maximum absolute atomic E-state index is 9.13. The van der Waals surface area contributed by atoms with Crippen molar-refractivity contribution in [3.05, 3.63) is 0 Å². The first-order valence-corrected chi connectivity index (χ1v) is 3.21. The Morgan fingerprint density at radius 3 is 2.10 bits per heavy atom. The van der Waals surface area contributed by atoms with Crippen molar-refractivity contribution in [2.45, 2.75) is 31.5 Å².